The molecule has 0 spiro atoms. The number of aromatic nitrogens is 2. The average Bonchev–Trinajstić information content (AvgIpc) is 3.21. The fraction of sp³-hybridized carbons (Fsp3) is 0.500. The van der Waals surface area contributed by atoms with Crippen LogP contribution in [0.25, 0.3) is 0 Å². The van der Waals surface area contributed by atoms with Gasteiger partial charge in [0.1, 0.15) is 5.82 Å². The lowest BCUT2D eigenvalue weighted by Gasteiger charge is -2.25. The summed E-state index contributed by atoms with van der Waals surface area (Å²) in [6.07, 6.45) is 6.36. The fourth-order valence-electron chi connectivity index (χ4n) is 3.10. The molecule has 0 N–H and O–H groups in total. The van der Waals surface area contributed by atoms with Gasteiger partial charge in [0.25, 0.3) is 0 Å². The van der Waals surface area contributed by atoms with E-state index >= 15 is 0 Å². The van der Waals surface area contributed by atoms with Crippen LogP contribution in [0.5, 0.6) is 0 Å². The standard InChI is InChI=1S/C18H24FN3O/c1-2-22-14-20-10-17(22)12-21(13-18-4-3-9-23-18)11-15-5-7-16(19)8-6-15/h5-8,10,14,18H,2-4,9,11-13H2,1H3/t18-/m0/s1. The number of ether oxygens (including phenoxy) is 1. The first-order chi connectivity index (χ1) is 11.2. The molecule has 2 heterocycles. The van der Waals surface area contributed by atoms with Crippen molar-refractivity contribution in [2.75, 3.05) is 13.2 Å². The second kappa shape index (κ2) is 7.70. The molecule has 1 aromatic carbocycles. The van der Waals surface area contributed by atoms with Gasteiger partial charge in [0.15, 0.2) is 0 Å². The van der Waals surface area contributed by atoms with Gasteiger partial charge in [0.05, 0.1) is 18.1 Å². The lowest BCUT2D eigenvalue weighted by atomic mass is 10.1. The third-order valence-electron chi connectivity index (χ3n) is 4.33. The van der Waals surface area contributed by atoms with E-state index in [2.05, 4.69) is 21.4 Å². The third kappa shape index (κ3) is 4.39. The Morgan fingerprint density at radius 3 is 2.83 bits per heavy atom. The molecule has 1 atom stereocenters. The Labute approximate surface area is 136 Å². The molecule has 0 unspecified atom stereocenters. The Morgan fingerprint density at radius 2 is 2.13 bits per heavy atom. The summed E-state index contributed by atoms with van der Waals surface area (Å²) >= 11 is 0. The molecule has 1 aliphatic rings. The predicted molar refractivity (Wildman–Crippen MR) is 87.4 cm³/mol. The quantitative estimate of drug-likeness (QED) is 0.785. The van der Waals surface area contributed by atoms with Crippen molar-refractivity contribution in [3.05, 3.63) is 53.9 Å². The van der Waals surface area contributed by atoms with Gasteiger partial charge >= 0.3 is 0 Å². The van der Waals surface area contributed by atoms with Gasteiger partial charge in [-0.05, 0) is 37.5 Å². The van der Waals surface area contributed by atoms with Gasteiger partial charge in [-0.3, -0.25) is 4.90 Å². The first kappa shape index (κ1) is 16.1. The Kier molecular flexibility index (Phi) is 5.41. The van der Waals surface area contributed by atoms with Gasteiger partial charge < -0.3 is 9.30 Å². The SMILES string of the molecule is CCn1cncc1CN(Cc1ccc(F)cc1)C[C@@H]1CCCO1. The van der Waals surface area contributed by atoms with Crippen molar-refractivity contribution in [2.45, 2.75) is 45.5 Å². The smallest absolute Gasteiger partial charge is 0.123 e. The Hall–Kier alpha value is -1.72. The highest BCUT2D eigenvalue weighted by Gasteiger charge is 2.20. The second-order valence-corrected chi connectivity index (χ2v) is 6.10. The van der Waals surface area contributed by atoms with Gasteiger partial charge in [-0.15, -0.1) is 0 Å². The molecule has 0 saturated carbocycles. The minimum Gasteiger partial charge on any atom is -0.377 e. The summed E-state index contributed by atoms with van der Waals surface area (Å²) in [5.41, 5.74) is 2.32. The maximum absolute atomic E-state index is 13.1. The summed E-state index contributed by atoms with van der Waals surface area (Å²) in [5.74, 6) is -0.191. The number of hydrogen-bond acceptors (Lipinski definition) is 3. The highest BCUT2D eigenvalue weighted by molar-refractivity contribution is 5.16. The first-order valence-electron chi connectivity index (χ1n) is 8.32. The molecule has 4 nitrogen and oxygen atoms in total. The van der Waals surface area contributed by atoms with Crippen molar-refractivity contribution in [1.29, 1.82) is 0 Å². The summed E-state index contributed by atoms with van der Waals surface area (Å²) in [5, 5.41) is 0. The van der Waals surface area contributed by atoms with Crippen LogP contribution in [0.4, 0.5) is 4.39 Å². The molecule has 1 saturated heterocycles. The summed E-state index contributed by atoms with van der Waals surface area (Å²) in [7, 11) is 0. The van der Waals surface area contributed by atoms with Crippen molar-refractivity contribution < 1.29 is 9.13 Å². The van der Waals surface area contributed by atoms with Crippen LogP contribution in [0.2, 0.25) is 0 Å². The summed E-state index contributed by atoms with van der Waals surface area (Å²) < 4.78 is 21.1. The van der Waals surface area contributed by atoms with E-state index < -0.39 is 0 Å². The van der Waals surface area contributed by atoms with Crippen LogP contribution in [-0.4, -0.2) is 33.7 Å². The van der Waals surface area contributed by atoms with Crippen LogP contribution in [0.3, 0.4) is 0 Å². The predicted octanol–water partition coefficient (Wildman–Crippen LogP) is 3.22. The Bertz CT molecular complexity index is 605. The zero-order valence-electron chi connectivity index (χ0n) is 13.6. The van der Waals surface area contributed by atoms with Gasteiger partial charge in [-0.2, -0.15) is 0 Å². The number of nitrogens with zero attached hydrogens (tertiary/aromatic N) is 3. The molecule has 3 rings (SSSR count). The van der Waals surface area contributed by atoms with E-state index in [9.17, 15) is 4.39 Å². The maximum atomic E-state index is 13.1. The van der Waals surface area contributed by atoms with E-state index in [1.54, 1.807) is 0 Å². The number of rotatable bonds is 7. The minimum absolute atomic E-state index is 0.191. The molecule has 0 bridgehead atoms. The normalized spacial score (nSPS) is 18.0. The first-order valence-corrected chi connectivity index (χ1v) is 8.32. The minimum atomic E-state index is -0.191. The molecular weight excluding hydrogens is 293 g/mol. The topological polar surface area (TPSA) is 30.3 Å². The molecule has 0 aliphatic carbocycles. The van der Waals surface area contributed by atoms with Crippen molar-refractivity contribution in [3.63, 3.8) is 0 Å². The van der Waals surface area contributed by atoms with Gasteiger partial charge in [0.2, 0.25) is 0 Å². The van der Waals surface area contributed by atoms with Crippen LogP contribution >= 0.6 is 0 Å². The average molecular weight is 317 g/mol. The molecule has 23 heavy (non-hydrogen) atoms. The van der Waals surface area contributed by atoms with Crippen molar-refractivity contribution in [1.82, 2.24) is 14.5 Å². The lowest BCUT2D eigenvalue weighted by molar-refractivity contribution is 0.0671. The largest absolute Gasteiger partial charge is 0.377 e. The zero-order valence-corrected chi connectivity index (χ0v) is 13.6. The van der Waals surface area contributed by atoms with E-state index in [-0.39, 0.29) is 5.82 Å². The van der Waals surface area contributed by atoms with E-state index in [0.717, 1.165) is 51.2 Å². The monoisotopic (exact) mass is 317 g/mol. The Morgan fingerprint density at radius 1 is 1.30 bits per heavy atom. The van der Waals surface area contributed by atoms with E-state index in [0.29, 0.717) is 6.10 Å². The molecule has 2 aromatic rings. The molecule has 124 valence electrons. The summed E-state index contributed by atoms with van der Waals surface area (Å²) in [6.45, 7) is 6.41. The molecule has 0 amide bonds. The molecular formula is C18H24FN3O. The number of imidazole rings is 1. The second-order valence-electron chi connectivity index (χ2n) is 6.10. The molecule has 1 fully saturated rings. The summed E-state index contributed by atoms with van der Waals surface area (Å²) in [6, 6.07) is 6.76. The highest BCUT2D eigenvalue weighted by Crippen LogP contribution is 2.17. The van der Waals surface area contributed by atoms with Crippen LogP contribution < -0.4 is 0 Å². The summed E-state index contributed by atoms with van der Waals surface area (Å²) in [4.78, 5) is 6.62. The molecule has 1 aliphatic heterocycles. The van der Waals surface area contributed by atoms with E-state index in [4.69, 9.17) is 4.74 Å². The fourth-order valence-corrected chi connectivity index (χ4v) is 3.10. The highest BCUT2D eigenvalue weighted by atomic mass is 19.1. The molecule has 5 heteroatoms. The van der Waals surface area contributed by atoms with Crippen molar-refractivity contribution in [2.24, 2.45) is 0 Å². The lowest BCUT2D eigenvalue weighted by Crippen LogP contribution is -2.32. The van der Waals surface area contributed by atoms with Crippen molar-refractivity contribution >= 4 is 0 Å². The maximum Gasteiger partial charge on any atom is 0.123 e. The van der Waals surface area contributed by atoms with E-state index in [1.807, 2.05) is 24.7 Å². The van der Waals surface area contributed by atoms with Crippen LogP contribution in [-0.2, 0) is 24.4 Å². The number of halogens is 1. The third-order valence-corrected chi connectivity index (χ3v) is 4.33. The molecule has 1 aromatic heterocycles. The van der Waals surface area contributed by atoms with Crippen LogP contribution in [0.15, 0.2) is 36.8 Å². The van der Waals surface area contributed by atoms with Crippen LogP contribution in [0.1, 0.15) is 31.0 Å². The van der Waals surface area contributed by atoms with Gasteiger partial charge in [-0.25, -0.2) is 9.37 Å². The Balaban J connectivity index is 1.71. The zero-order chi connectivity index (χ0) is 16.1. The number of benzene rings is 1. The number of hydrogen-bond donors (Lipinski definition) is 0. The van der Waals surface area contributed by atoms with Crippen molar-refractivity contribution in [3.8, 4) is 0 Å². The van der Waals surface area contributed by atoms with Crippen LogP contribution in [0, 0.1) is 5.82 Å². The number of aryl methyl sites for hydroxylation is 1. The van der Waals surface area contributed by atoms with Gasteiger partial charge in [0, 0.05) is 39.0 Å². The molecule has 0 radical (unpaired) electrons. The van der Waals surface area contributed by atoms with E-state index in [1.165, 1.54) is 17.8 Å². The van der Waals surface area contributed by atoms with Gasteiger partial charge in [-0.1, -0.05) is 12.1 Å².